The molecule has 0 radical (unpaired) electrons. The van der Waals surface area contributed by atoms with Crippen molar-refractivity contribution in [1.29, 1.82) is 0 Å². The predicted molar refractivity (Wildman–Crippen MR) is 167 cm³/mol. The van der Waals surface area contributed by atoms with Crippen LogP contribution in [0, 0.1) is 12.7 Å². The van der Waals surface area contributed by atoms with Gasteiger partial charge in [0.1, 0.15) is 17.3 Å². The van der Waals surface area contributed by atoms with Crippen LogP contribution in [0.1, 0.15) is 47.6 Å². The Labute approximate surface area is 241 Å². The number of allylic oxidation sites excluding steroid dienone is 3. The van der Waals surface area contributed by atoms with E-state index in [1.165, 1.54) is 30.9 Å². The summed E-state index contributed by atoms with van der Waals surface area (Å²) in [5.74, 6) is 0.270. The van der Waals surface area contributed by atoms with E-state index in [9.17, 15) is 0 Å². The summed E-state index contributed by atoms with van der Waals surface area (Å²) in [4.78, 5) is 15.1. The third-order valence-corrected chi connectivity index (χ3v) is 7.37. The van der Waals surface area contributed by atoms with E-state index >= 15 is 4.39 Å². The lowest BCUT2D eigenvalue weighted by Crippen LogP contribution is -2.28. The van der Waals surface area contributed by atoms with Gasteiger partial charge in [0.25, 0.3) is 0 Å². The molecule has 210 valence electrons. The van der Waals surface area contributed by atoms with Gasteiger partial charge in [-0.15, -0.1) is 0 Å². The van der Waals surface area contributed by atoms with Crippen molar-refractivity contribution in [2.75, 3.05) is 24.1 Å². The number of hydrogen-bond acceptors (Lipinski definition) is 5. The molecule has 0 bridgehead atoms. The van der Waals surface area contributed by atoms with Crippen molar-refractivity contribution in [1.82, 2.24) is 19.9 Å². The highest BCUT2D eigenvalue weighted by Gasteiger charge is 2.20. The molecule has 4 N–H and O–H groups in total. The Morgan fingerprint density at radius 1 is 1.10 bits per heavy atom. The smallest absolute Gasteiger partial charge is 0.146 e. The third kappa shape index (κ3) is 6.74. The molecule has 0 amide bonds. The Hall–Kier alpha value is -4.65. The maximum atomic E-state index is 15.1. The largest absolute Gasteiger partial charge is 0.396 e. The quantitative estimate of drug-likeness (QED) is 0.143. The maximum Gasteiger partial charge on any atom is 0.146 e. The minimum atomic E-state index is -0.464. The standard InChI is InChI=1S/C34H37FN6/c1-4-11-31(41-14-9-6-10-15-41)34-24(3)39-32(40-34)20-27-17-26(19-30(35)33(27)36)28-18-29(22-37-21-28)38-23(2)16-25-12-7-5-8-13-25/h4-5,7-8,11-13,17-19,21-22,38H,1-2,6,9-10,14-16,20,36H2,3H3,(H,39,40)/b31-11+. The number of nitrogen functional groups attached to an aromatic ring is 1. The summed E-state index contributed by atoms with van der Waals surface area (Å²) < 4.78 is 15.1. The molecule has 2 aromatic heterocycles. The Kier molecular flexibility index (Phi) is 8.63. The van der Waals surface area contributed by atoms with Gasteiger partial charge in [-0.2, -0.15) is 0 Å². The van der Waals surface area contributed by atoms with Gasteiger partial charge < -0.3 is 20.9 Å². The van der Waals surface area contributed by atoms with Crippen LogP contribution in [0.5, 0.6) is 0 Å². The highest BCUT2D eigenvalue weighted by atomic mass is 19.1. The van der Waals surface area contributed by atoms with Gasteiger partial charge in [0, 0.05) is 49.1 Å². The average Bonchev–Trinajstić information content (AvgIpc) is 3.34. The monoisotopic (exact) mass is 548 g/mol. The number of aryl methyl sites for hydroxylation is 1. The van der Waals surface area contributed by atoms with Gasteiger partial charge in [-0.1, -0.05) is 49.6 Å². The van der Waals surface area contributed by atoms with Crippen molar-refractivity contribution in [2.45, 2.75) is 39.0 Å². The van der Waals surface area contributed by atoms with Crippen molar-refractivity contribution in [3.63, 3.8) is 0 Å². The molecule has 0 saturated carbocycles. The topological polar surface area (TPSA) is 82.9 Å². The van der Waals surface area contributed by atoms with Gasteiger partial charge in [0.15, 0.2) is 0 Å². The van der Waals surface area contributed by atoms with Crippen LogP contribution >= 0.6 is 0 Å². The number of hydrogen-bond donors (Lipinski definition) is 3. The van der Waals surface area contributed by atoms with Gasteiger partial charge in [-0.3, -0.25) is 4.98 Å². The van der Waals surface area contributed by atoms with Crippen molar-refractivity contribution in [3.05, 3.63) is 126 Å². The zero-order valence-corrected chi connectivity index (χ0v) is 23.6. The second kappa shape index (κ2) is 12.7. The minimum Gasteiger partial charge on any atom is -0.396 e. The van der Waals surface area contributed by atoms with E-state index in [-0.39, 0.29) is 5.69 Å². The van der Waals surface area contributed by atoms with E-state index in [0.717, 1.165) is 52.9 Å². The molecular weight excluding hydrogens is 511 g/mol. The number of rotatable bonds is 10. The summed E-state index contributed by atoms with van der Waals surface area (Å²) in [6, 6.07) is 15.5. The lowest BCUT2D eigenvalue weighted by Gasteiger charge is -2.30. The summed E-state index contributed by atoms with van der Waals surface area (Å²) >= 11 is 0. The van der Waals surface area contributed by atoms with Crippen molar-refractivity contribution >= 4 is 17.1 Å². The molecule has 2 aromatic carbocycles. The fraction of sp³-hybridized carbons (Fsp3) is 0.235. The van der Waals surface area contributed by atoms with E-state index in [4.69, 9.17) is 10.7 Å². The highest BCUT2D eigenvalue weighted by Crippen LogP contribution is 2.30. The second-order valence-corrected chi connectivity index (χ2v) is 10.6. The Balaban J connectivity index is 1.37. The Morgan fingerprint density at radius 2 is 1.88 bits per heavy atom. The number of pyridine rings is 1. The van der Waals surface area contributed by atoms with E-state index < -0.39 is 5.82 Å². The number of anilines is 2. The van der Waals surface area contributed by atoms with Gasteiger partial charge in [0.05, 0.1) is 23.3 Å². The number of H-pyrrole nitrogens is 1. The summed E-state index contributed by atoms with van der Waals surface area (Å²) in [5.41, 5.74) is 14.2. The SMILES string of the molecule is C=C/C=C(\c1nc(Cc2cc(-c3cncc(NC(=C)Cc4ccccc4)c3)cc(F)c2N)[nH]c1C)N1CCCCC1. The molecule has 6 nitrogen and oxygen atoms in total. The number of imidazole rings is 1. The molecular formula is C34H37FN6. The van der Waals surface area contributed by atoms with Gasteiger partial charge in [-0.05, 0) is 67.2 Å². The van der Waals surface area contributed by atoms with Gasteiger partial charge in [-0.25, -0.2) is 9.37 Å². The van der Waals surface area contributed by atoms with Crippen molar-refractivity contribution < 1.29 is 4.39 Å². The summed E-state index contributed by atoms with van der Waals surface area (Å²) in [7, 11) is 0. The zero-order valence-electron chi connectivity index (χ0n) is 23.6. The molecule has 1 fully saturated rings. The van der Waals surface area contributed by atoms with Crippen LogP contribution in [0.15, 0.2) is 91.9 Å². The molecule has 0 aliphatic carbocycles. The first-order valence-electron chi connectivity index (χ1n) is 14.1. The van der Waals surface area contributed by atoms with Gasteiger partial charge >= 0.3 is 0 Å². The van der Waals surface area contributed by atoms with Crippen LogP contribution in [0.25, 0.3) is 16.8 Å². The van der Waals surface area contributed by atoms with Crippen molar-refractivity contribution in [2.24, 2.45) is 0 Å². The number of benzene rings is 2. The Morgan fingerprint density at radius 3 is 2.63 bits per heavy atom. The van der Waals surface area contributed by atoms with Crippen LogP contribution in [-0.4, -0.2) is 32.9 Å². The minimum absolute atomic E-state index is 0.126. The molecule has 0 spiro atoms. The van der Waals surface area contributed by atoms with E-state index in [1.54, 1.807) is 12.4 Å². The first-order valence-corrected chi connectivity index (χ1v) is 14.1. The molecule has 3 heterocycles. The number of nitrogens with two attached hydrogens (primary N) is 1. The number of halogens is 1. The highest BCUT2D eigenvalue weighted by molar-refractivity contribution is 5.71. The Bertz CT molecular complexity index is 1560. The lowest BCUT2D eigenvalue weighted by molar-refractivity contribution is 0.325. The average molecular weight is 549 g/mol. The molecule has 1 aliphatic rings. The van der Waals surface area contributed by atoms with E-state index in [2.05, 4.69) is 45.5 Å². The normalized spacial score (nSPS) is 13.7. The van der Waals surface area contributed by atoms with E-state index in [0.29, 0.717) is 24.0 Å². The molecule has 1 saturated heterocycles. The summed E-state index contributed by atoms with van der Waals surface area (Å²) in [6.07, 6.45) is 11.9. The molecule has 4 aromatic rings. The molecule has 0 atom stereocenters. The van der Waals surface area contributed by atoms with E-state index in [1.807, 2.05) is 49.4 Å². The molecule has 1 aliphatic heterocycles. The van der Waals surface area contributed by atoms with Crippen LogP contribution < -0.4 is 11.1 Å². The van der Waals surface area contributed by atoms with Crippen molar-refractivity contribution in [3.8, 4) is 11.1 Å². The number of aromatic nitrogens is 3. The second-order valence-electron chi connectivity index (χ2n) is 10.6. The van der Waals surface area contributed by atoms with Crippen LogP contribution in [0.2, 0.25) is 0 Å². The summed E-state index contributed by atoms with van der Waals surface area (Å²) in [6.45, 7) is 12.1. The van der Waals surface area contributed by atoms with Crippen LogP contribution in [-0.2, 0) is 12.8 Å². The zero-order chi connectivity index (χ0) is 28.8. The fourth-order valence-electron chi connectivity index (χ4n) is 5.36. The lowest BCUT2D eigenvalue weighted by atomic mass is 10.0. The molecule has 5 rings (SSSR count). The molecule has 0 unspecified atom stereocenters. The first-order chi connectivity index (χ1) is 19.9. The number of likely N-dealkylation sites (tertiary alicyclic amines) is 1. The number of aromatic amines is 1. The number of nitrogens with one attached hydrogen (secondary N) is 2. The summed E-state index contributed by atoms with van der Waals surface area (Å²) in [5, 5.41) is 3.33. The first kappa shape index (κ1) is 27.9. The van der Waals surface area contributed by atoms with Gasteiger partial charge in [0.2, 0.25) is 0 Å². The fourth-order valence-corrected chi connectivity index (χ4v) is 5.36. The number of piperidine rings is 1. The molecule has 41 heavy (non-hydrogen) atoms. The predicted octanol–water partition coefficient (Wildman–Crippen LogP) is 7.27. The molecule has 7 heteroatoms. The van der Waals surface area contributed by atoms with Crippen LogP contribution in [0.4, 0.5) is 15.8 Å². The van der Waals surface area contributed by atoms with Crippen LogP contribution in [0.3, 0.4) is 0 Å². The maximum absolute atomic E-state index is 15.1. The number of nitrogens with zero attached hydrogens (tertiary/aromatic N) is 3. The third-order valence-electron chi connectivity index (χ3n) is 7.37.